The average Bonchev–Trinajstić information content (AvgIpc) is 2.52. The summed E-state index contributed by atoms with van der Waals surface area (Å²) in [6, 6.07) is 10.2. The number of hydrogen-bond donors (Lipinski definition) is 0. The highest BCUT2D eigenvalue weighted by molar-refractivity contribution is 9.09. The molecular formula is C18H16BrClO2. The molecule has 1 heterocycles. The van der Waals surface area contributed by atoms with Crippen LogP contribution in [-0.4, -0.2) is 11.1 Å². The van der Waals surface area contributed by atoms with Gasteiger partial charge in [0.05, 0.1) is 4.83 Å². The van der Waals surface area contributed by atoms with Crippen molar-refractivity contribution in [2.45, 2.75) is 31.2 Å². The van der Waals surface area contributed by atoms with Gasteiger partial charge in [-0.05, 0) is 60.2 Å². The van der Waals surface area contributed by atoms with Crippen molar-refractivity contribution < 1.29 is 9.53 Å². The van der Waals surface area contributed by atoms with Crippen LogP contribution in [0.25, 0.3) is 11.1 Å². The number of halogens is 2. The highest BCUT2D eigenvalue weighted by Gasteiger charge is 2.19. The van der Waals surface area contributed by atoms with E-state index in [4.69, 9.17) is 16.3 Å². The third kappa shape index (κ3) is 3.06. The fourth-order valence-electron chi connectivity index (χ4n) is 2.81. The van der Waals surface area contributed by atoms with Crippen molar-refractivity contribution in [2.24, 2.45) is 0 Å². The first kappa shape index (κ1) is 15.6. The van der Waals surface area contributed by atoms with Crippen LogP contribution in [0.1, 0.15) is 23.1 Å². The number of alkyl halides is 1. The molecule has 3 rings (SSSR count). The summed E-state index contributed by atoms with van der Waals surface area (Å²) in [6.45, 7) is 2.68. The van der Waals surface area contributed by atoms with Crippen LogP contribution in [0.4, 0.5) is 0 Å². The van der Waals surface area contributed by atoms with Crippen molar-refractivity contribution in [2.75, 3.05) is 0 Å². The van der Waals surface area contributed by atoms with E-state index in [0.29, 0.717) is 11.6 Å². The molecule has 0 spiro atoms. The molecule has 1 aliphatic heterocycles. The predicted octanol–water partition coefficient (Wildman–Crippen LogP) is 5.10. The second kappa shape index (κ2) is 6.43. The molecule has 0 fully saturated rings. The van der Waals surface area contributed by atoms with Crippen molar-refractivity contribution >= 4 is 33.8 Å². The molecule has 0 radical (unpaired) electrons. The zero-order valence-electron chi connectivity index (χ0n) is 12.2. The topological polar surface area (TPSA) is 26.3 Å². The van der Waals surface area contributed by atoms with E-state index in [-0.39, 0.29) is 4.83 Å². The van der Waals surface area contributed by atoms with Gasteiger partial charge in [-0.3, -0.25) is 0 Å². The summed E-state index contributed by atoms with van der Waals surface area (Å²) in [5, 5.41) is 0.683. The highest BCUT2D eigenvalue weighted by Crippen LogP contribution is 2.40. The van der Waals surface area contributed by atoms with Gasteiger partial charge in [-0.25, -0.2) is 0 Å². The number of carbonyl (C=O) groups is 1. The number of aryl methyl sites for hydroxylation is 2. The minimum absolute atomic E-state index is 0.0858. The molecule has 0 amide bonds. The molecule has 2 aromatic rings. The first-order chi connectivity index (χ1) is 10.6. The lowest BCUT2D eigenvalue weighted by Crippen LogP contribution is -2.08. The van der Waals surface area contributed by atoms with Gasteiger partial charge in [-0.2, -0.15) is 0 Å². The molecule has 2 nitrogen and oxygen atoms in total. The number of hydrogen-bond acceptors (Lipinski definition) is 2. The second-order valence-electron chi connectivity index (χ2n) is 5.56. The van der Waals surface area contributed by atoms with E-state index in [1.807, 2.05) is 18.2 Å². The van der Waals surface area contributed by atoms with Crippen molar-refractivity contribution in [1.82, 2.24) is 0 Å². The summed E-state index contributed by atoms with van der Waals surface area (Å²) in [5.41, 5.74) is 5.99. The first-order valence-corrected chi connectivity index (χ1v) is 8.52. The van der Waals surface area contributed by atoms with Gasteiger partial charge in [0, 0.05) is 10.6 Å². The Morgan fingerprint density at radius 3 is 2.91 bits per heavy atom. The van der Waals surface area contributed by atoms with Gasteiger partial charge in [-0.15, -0.1) is 0 Å². The monoisotopic (exact) mass is 378 g/mol. The van der Waals surface area contributed by atoms with E-state index in [0.717, 1.165) is 30.4 Å². The van der Waals surface area contributed by atoms with Crippen LogP contribution in [0.15, 0.2) is 30.3 Å². The summed E-state index contributed by atoms with van der Waals surface area (Å²) >= 11 is 9.41. The fourth-order valence-corrected chi connectivity index (χ4v) is 3.20. The van der Waals surface area contributed by atoms with Crippen molar-refractivity contribution in [3.63, 3.8) is 0 Å². The zero-order valence-corrected chi connectivity index (χ0v) is 14.6. The summed E-state index contributed by atoms with van der Waals surface area (Å²) < 4.78 is 5.80. The maximum Gasteiger partial charge on any atom is 0.133 e. The van der Waals surface area contributed by atoms with Crippen LogP contribution in [0.3, 0.4) is 0 Å². The Morgan fingerprint density at radius 2 is 2.14 bits per heavy atom. The Hall–Kier alpha value is -1.32. The van der Waals surface area contributed by atoms with E-state index >= 15 is 0 Å². The van der Waals surface area contributed by atoms with Crippen LogP contribution in [0.2, 0.25) is 5.02 Å². The summed E-state index contributed by atoms with van der Waals surface area (Å²) in [4.78, 5) is 10.7. The van der Waals surface area contributed by atoms with Gasteiger partial charge in [0.2, 0.25) is 0 Å². The normalized spacial score (nSPS) is 13.8. The molecule has 4 heteroatoms. The van der Waals surface area contributed by atoms with E-state index in [9.17, 15) is 4.79 Å². The number of ether oxygens (including phenoxy) is 1. The minimum atomic E-state index is -0.0858. The Kier molecular flexibility index (Phi) is 4.55. The summed E-state index contributed by atoms with van der Waals surface area (Å²) in [7, 11) is 0. The van der Waals surface area contributed by atoms with Crippen LogP contribution >= 0.6 is 27.5 Å². The Balaban J connectivity index is 1.99. The molecule has 114 valence electrons. The molecule has 0 aliphatic carbocycles. The van der Waals surface area contributed by atoms with Crippen LogP contribution in [0.5, 0.6) is 5.75 Å². The highest BCUT2D eigenvalue weighted by atomic mass is 79.9. The number of carbonyl (C=O) groups excluding carboxylic acids is 1. The van der Waals surface area contributed by atoms with Crippen LogP contribution in [0, 0.1) is 6.92 Å². The van der Waals surface area contributed by atoms with Crippen molar-refractivity contribution in [3.8, 4) is 16.9 Å². The second-order valence-corrected chi connectivity index (χ2v) is 7.17. The third-order valence-electron chi connectivity index (χ3n) is 4.02. The van der Waals surface area contributed by atoms with Gasteiger partial charge in [-0.1, -0.05) is 39.7 Å². The van der Waals surface area contributed by atoms with Crippen molar-refractivity contribution in [1.29, 1.82) is 0 Å². The zero-order chi connectivity index (χ0) is 15.7. The maximum absolute atomic E-state index is 10.8. The number of benzene rings is 2. The molecule has 0 saturated carbocycles. The number of rotatable bonds is 4. The number of fused-ring (bicyclic) bond motifs is 3. The fraction of sp³-hybridized carbons (Fsp3) is 0.278. The van der Waals surface area contributed by atoms with Gasteiger partial charge in [0.15, 0.2) is 0 Å². The average molecular weight is 380 g/mol. The number of aldehydes is 1. The lowest BCUT2D eigenvalue weighted by Gasteiger charge is -2.23. The SMILES string of the molecule is Cc1cc2c(cc1CCC(Br)C=O)-c1ccc(Cl)cc1OC2. The molecule has 2 aromatic carbocycles. The smallest absolute Gasteiger partial charge is 0.133 e. The summed E-state index contributed by atoms with van der Waals surface area (Å²) in [6.07, 6.45) is 2.61. The van der Waals surface area contributed by atoms with Gasteiger partial charge >= 0.3 is 0 Å². The molecule has 1 unspecified atom stereocenters. The molecular weight excluding hydrogens is 364 g/mol. The lowest BCUT2D eigenvalue weighted by atomic mass is 9.91. The van der Waals surface area contributed by atoms with E-state index in [2.05, 4.69) is 35.0 Å². The Morgan fingerprint density at radius 1 is 1.32 bits per heavy atom. The Bertz CT molecular complexity index is 727. The first-order valence-electron chi connectivity index (χ1n) is 7.23. The molecule has 22 heavy (non-hydrogen) atoms. The van der Waals surface area contributed by atoms with E-state index in [1.54, 1.807) is 0 Å². The quantitative estimate of drug-likeness (QED) is 0.545. The largest absolute Gasteiger partial charge is 0.488 e. The van der Waals surface area contributed by atoms with Gasteiger partial charge in [0.1, 0.15) is 18.6 Å². The minimum Gasteiger partial charge on any atom is -0.488 e. The standard InChI is InChI=1S/C18H16BrClO2/c1-11-6-13-10-22-18-8-15(20)4-5-16(18)17(13)7-12(11)2-3-14(19)9-21/h4-9,14H,2-3,10H2,1H3. The van der Waals surface area contributed by atoms with E-state index < -0.39 is 0 Å². The molecule has 0 saturated heterocycles. The Labute approximate surface area is 143 Å². The van der Waals surface area contributed by atoms with E-state index in [1.165, 1.54) is 22.3 Å². The molecule has 1 aliphatic rings. The lowest BCUT2D eigenvalue weighted by molar-refractivity contribution is -0.107. The molecule has 0 aromatic heterocycles. The van der Waals surface area contributed by atoms with Gasteiger partial charge < -0.3 is 9.53 Å². The third-order valence-corrected chi connectivity index (χ3v) is 4.92. The van der Waals surface area contributed by atoms with Crippen LogP contribution < -0.4 is 4.74 Å². The predicted molar refractivity (Wildman–Crippen MR) is 93.1 cm³/mol. The molecule has 0 bridgehead atoms. The van der Waals surface area contributed by atoms with Gasteiger partial charge in [0.25, 0.3) is 0 Å². The maximum atomic E-state index is 10.8. The molecule has 1 atom stereocenters. The molecule has 0 N–H and O–H groups in total. The van der Waals surface area contributed by atoms with Crippen LogP contribution in [-0.2, 0) is 17.8 Å². The van der Waals surface area contributed by atoms with Crippen molar-refractivity contribution in [3.05, 3.63) is 52.0 Å². The summed E-state index contributed by atoms with van der Waals surface area (Å²) in [5.74, 6) is 0.834.